The van der Waals surface area contributed by atoms with Crippen molar-refractivity contribution in [2.45, 2.75) is 32.4 Å². The van der Waals surface area contributed by atoms with Crippen molar-refractivity contribution in [3.05, 3.63) is 35.9 Å². The molecular weight excluding hydrogens is 208 g/mol. The lowest BCUT2D eigenvalue weighted by Gasteiger charge is -2.31. The summed E-state index contributed by atoms with van der Waals surface area (Å²) in [7, 11) is 2.24. The van der Waals surface area contributed by atoms with E-state index in [0.29, 0.717) is 6.04 Å². The first-order valence-electron chi connectivity index (χ1n) is 6.70. The quantitative estimate of drug-likeness (QED) is 0.858. The Morgan fingerprint density at radius 1 is 1.29 bits per heavy atom. The highest BCUT2D eigenvalue weighted by molar-refractivity contribution is 5.14. The van der Waals surface area contributed by atoms with Gasteiger partial charge in [0.15, 0.2) is 0 Å². The van der Waals surface area contributed by atoms with Crippen LogP contribution in [0, 0.1) is 5.92 Å². The molecule has 1 N–H and O–H groups in total. The molecule has 94 valence electrons. The third-order valence-electron chi connectivity index (χ3n) is 3.60. The van der Waals surface area contributed by atoms with Crippen LogP contribution in [-0.2, 0) is 6.54 Å². The molecule has 1 aromatic carbocycles. The Morgan fingerprint density at radius 3 is 2.76 bits per heavy atom. The largest absolute Gasteiger partial charge is 0.314 e. The van der Waals surface area contributed by atoms with Crippen LogP contribution in [0.5, 0.6) is 0 Å². The van der Waals surface area contributed by atoms with Gasteiger partial charge in [0, 0.05) is 19.1 Å². The Balaban J connectivity index is 1.79. The lowest BCUT2D eigenvalue weighted by molar-refractivity contribution is 0.215. The SMILES string of the molecule is CC1CC(CN(C)Cc2ccccc2)CCN1. The zero-order valence-corrected chi connectivity index (χ0v) is 11.0. The Hall–Kier alpha value is -0.860. The number of nitrogens with zero attached hydrogens (tertiary/aromatic N) is 1. The summed E-state index contributed by atoms with van der Waals surface area (Å²) in [6.45, 7) is 5.77. The number of piperidine rings is 1. The van der Waals surface area contributed by atoms with Gasteiger partial charge < -0.3 is 10.2 Å². The van der Waals surface area contributed by atoms with E-state index in [1.165, 1.54) is 31.5 Å². The Bertz CT molecular complexity index is 323. The van der Waals surface area contributed by atoms with Crippen molar-refractivity contribution in [1.82, 2.24) is 10.2 Å². The molecule has 17 heavy (non-hydrogen) atoms. The van der Waals surface area contributed by atoms with Gasteiger partial charge in [0.1, 0.15) is 0 Å². The van der Waals surface area contributed by atoms with Crippen LogP contribution in [0.25, 0.3) is 0 Å². The maximum absolute atomic E-state index is 3.52. The van der Waals surface area contributed by atoms with Gasteiger partial charge >= 0.3 is 0 Å². The van der Waals surface area contributed by atoms with Crippen LogP contribution in [0.3, 0.4) is 0 Å². The lowest BCUT2D eigenvalue weighted by Crippen LogP contribution is -2.39. The molecule has 0 radical (unpaired) electrons. The number of rotatable bonds is 4. The summed E-state index contributed by atoms with van der Waals surface area (Å²) in [5.74, 6) is 0.861. The van der Waals surface area contributed by atoms with Gasteiger partial charge in [-0.15, -0.1) is 0 Å². The molecule has 1 heterocycles. The molecule has 1 saturated heterocycles. The first-order valence-corrected chi connectivity index (χ1v) is 6.70. The zero-order chi connectivity index (χ0) is 12.1. The predicted molar refractivity (Wildman–Crippen MR) is 73.0 cm³/mol. The van der Waals surface area contributed by atoms with Crippen LogP contribution in [0.1, 0.15) is 25.3 Å². The average Bonchev–Trinajstić information content (AvgIpc) is 2.30. The number of hydrogen-bond donors (Lipinski definition) is 1. The summed E-state index contributed by atoms with van der Waals surface area (Å²) in [6.07, 6.45) is 2.64. The second-order valence-electron chi connectivity index (χ2n) is 5.43. The number of nitrogens with one attached hydrogen (secondary N) is 1. The lowest BCUT2D eigenvalue weighted by atomic mass is 9.93. The molecule has 2 heteroatoms. The monoisotopic (exact) mass is 232 g/mol. The van der Waals surface area contributed by atoms with Crippen molar-refractivity contribution >= 4 is 0 Å². The second kappa shape index (κ2) is 6.18. The molecule has 0 amide bonds. The topological polar surface area (TPSA) is 15.3 Å². The molecule has 1 fully saturated rings. The Kier molecular flexibility index (Phi) is 4.57. The van der Waals surface area contributed by atoms with Crippen molar-refractivity contribution in [1.29, 1.82) is 0 Å². The average molecular weight is 232 g/mol. The Labute approximate surface area is 105 Å². The summed E-state index contributed by atoms with van der Waals surface area (Å²) >= 11 is 0. The molecule has 0 saturated carbocycles. The molecule has 2 nitrogen and oxygen atoms in total. The highest BCUT2D eigenvalue weighted by Gasteiger charge is 2.19. The van der Waals surface area contributed by atoms with E-state index in [0.717, 1.165) is 12.5 Å². The number of hydrogen-bond acceptors (Lipinski definition) is 2. The van der Waals surface area contributed by atoms with Crippen LogP contribution in [0.2, 0.25) is 0 Å². The normalized spacial score (nSPS) is 25.1. The van der Waals surface area contributed by atoms with Gasteiger partial charge in [-0.05, 0) is 44.8 Å². The molecule has 2 rings (SSSR count). The first-order chi connectivity index (χ1) is 8.24. The standard InChI is InChI=1S/C15H24N2/c1-13-10-15(8-9-16-13)12-17(2)11-14-6-4-3-5-7-14/h3-7,13,15-16H,8-12H2,1-2H3. The van der Waals surface area contributed by atoms with Crippen LogP contribution in [0.15, 0.2) is 30.3 Å². The molecule has 0 spiro atoms. The summed E-state index contributed by atoms with van der Waals surface area (Å²) < 4.78 is 0. The van der Waals surface area contributed by atoms with Gasteiger partial charge in [-0.2, -0.15) is 0 Å². The van der Waals surface area contributed by atoms with E-state index >= 15 is 0 Å². The van der Waals surface area contributed by atoms with Gasteiger partial charge in [-0.25, -0.2) is 0 Å². The fourth-order valence-corrected chi connectivity index (χ4v) is 2.80. The first kappa shape index (κ1) is 12.6. The van der Waals surface area contributed by atoms with Crippen molar-refractivity contribution < 1.29 is 0 Å². The van der Waals surface area contributed by atoms with E-state index in [9.17, 15) is 0 Å². The molecule has 2 unspecified atom stereocenters. The van der Waals surface area contributed by atoms with Crippen molar-refractivity contribution in [3.8, 4) is 0 Å². The molecular formula is C15H24N2. The van der Waals surface area contributed by atoms with Gasteiger partial charge in [-0.3, -0.25) is 0 Å². The zero-order valence-electron chi connectivity index (χ0n) is 11.0. The van der Waals surface area contributed by atoms with Crippen LogP contribution >= 0.6 is 0 Å². The minimum Gasteiger partial charge on any atom is -0.314 e. The van der Waals surface area contributed by atoms with E-state index in [1.54, 1.807) is 0 Å². The van der Waals surface area contributed by atoms with Crippen LogP contribution in [0.4, 0.5) is 0 Å². The highest BCUT2D eigenvalue weighted by atomic mass is 15.1. The molecule has 2 atom stereocenters. The van der Waals surface area contributed by atoms with Gasteiger partial charge in [0.05, 0.1) is 0 Å². The van der Waals surface area contributed by atoms with E-state index in [1.807, 2.05) is 0 Å². The minimum absolute atomic E-state index is 0.693. The fraction of sp³-hybridized carbons (Fsp3) is 0.600. The van der Waals surface area contributed by atoms with Gasteiger partial charge in [0.2, 0.25) is 0 Å². The van der Waals surface area contributed by atoms with E-state index < -0.39 is 0 Å². The van der Waals surface area contributed by atoms with Crippen LogP contribution in [-0.4, -0.2) is 31.1 Å². The molecule has 1 aliphatic heterocycles. The third-order valence-corrected chi connectivity index (χ3v) is 3.60. The third kappa shape index (κ3) is 4.14. The van der Waals surface area contributed by atoms with Crippen LogP contribution < -0.4 is 5.32 Å². The van der Waals surface area contributed by atoms with Crippen molar-refractivity contribution in [2.75, 3.05) is 20.1 Å². The van der Waals surface area contributed by atoms with Crippen molar-refractivity contribution in [3.63, 3.8) is 0 Å². The molecule has 0 bridgehead atoms. The predicted octanol–water partition coefficient (Wildman–Crippen LogP) is 2.51. The molecule has 1 aromatic rings. The highest BCUT2D eigenvalue weighted by Crippen LogP contribution is 2.17. The van der Waals surface area contributed by atoms with E-state index in [-0.39, 0.29) is 0 Å². The summed E-state index contributed by atoms with van der Waals surface area (Å²) in [5, 5.41) is 3.52. The van der Waals surface area contributed by atoms with Gasteiger partial charge in [-0.1, -0.05) is 30.3 Å². The molecule has 0 aliphatic carbocycles. The van der Waals surface area contributed by atoms with Gasteiger partial charge in [0.25, 0.3) is 0 Å². The summed E-state index contributed by atoms with van der Waals surface area (Å²) in [4.78, 5) is 2.46. The maximum atomic E-state index is 3.52. The fourth-order valence-electron chi connectivity index (χ4n) is 2.80. The van der Waals surface area contributed by atoms with E-state index in [2.05, 4.69) is 54.5 Å². The summed E-state index contributed by atoms with van der Waals surface area (Å²) in [6, 6.07) is 11.4. The minimum atomic E-state index is 0.693. The van der Waals surface area contributed by atoms with Crippen molar-refractivity contribution in [2.24, 2.45) is 5.92 Å². The molecule has 1 aliphatic rings. The smallest absolute Gasteiger partial charge is 0.0230 e. The maximum Gasteiger partial charge on any atom is 0.0230 e. The molecule has 0 aromatic heterocycles. The summed E-state index contributed by atoms with van der Waals surface area (Å²) in [5.41, 5.74) is 1.41. The Morgan fingerprint density at radius 2 is 2.06 bits per heavy atom. The van der Waals surface area contributed by atoms with E-state index in [4.69, 9.17) is 0 Å². The number of benzene rings is 1. The second-order valence-corrected chi connectivity index (χ2v) is 5.43.